The summed E-state index contributed by atoms with van der Waals surface area (Å²) >= 11 is 0. The number of aromatic nitrogens is 2. The Labute approximate surface area is 109 Å². The van der Waals surface area contributed by atoms with Crippen LogP contribution in [0.4, 0.5) is 5.69 Å². The molecule has 3 nitrogen and oxygen atoms in total. The highest BCUT2D eigenvalue weighted by Gasteiger charge is 2.09. The van der Waals surface area contributed by atoms with Crippen molar-refractivity contribution in [1.29, 1.82) is 0 Å². The fourth-order valence-electron chi connectivity index (χ4n) is 2.03. The van der Waals surface area contributed by atoms with E-state index in [1.165, 1.54) is 11.1 Å². The highest BCUT2D eigenvalue weighted by molar-refractivity contribution is 5.42. The molecule has 1 heterocycles. The SMILES string of the molecule is CCC(Nc1cnn(CC)c1)c1ccc(C)cc1. The lowest BCUT2D eigenvalue weighted by Gasteiger charge is -2.17. The molecular formula is C15H21N3. The second-order valence-electron chi connectivity index (χ2n) is 4.60. The minimum atomic E-state index is 0.347. The topological polar surface area (TPSA) is 29.9 Å². The van der Waals surface area contributed by atoms with E-state index < -0.39 is 0 Å². The third-order valence-electron chi connectivity index (χ3n) is 3.19. The monoisotopic (exact) mass is 243 g/mol. The van der Waals surface area contributed by atoms with Crippen molar-refractivity contribution in [2.24, 2.45) is 0 Å². The summed E-state index contributed by atoms with van der Waals surface area (Å²) in [5.74, 6) is 0. The van der Waals surface area contributed by atoms with Gasteiger partial charge in [-0.25, -0.2) is 0 Å². The first kappa shape index (κ1) is 12.7. The predicted molar refractivity (Wildman–Crippen MR) is 75.7 cm³/mol. The van der Waals surface area contributed by atoms with Crippen molar-refractivity contribution in [2.45, 2.75) is 39.8 Å². The molecule has 0 bridgehead atoms. The van der Waals surface area contributed by atoms with Crippen LogP contribution in [-0.2, 0) is 6.54 Å². The average Bonchev–Trinajstić information content (AvgIpc) is 2.85. The second-order valence-corrected chi connectivity index (χ2v) is 4.60. The fraction of sp³-hybridized carbons (Fsp3) is 0.400. The molecular weight excluding hydrogens is 222 g/mol. The minimum Gasteiger partial charge on any atom is -0.376 e. The van der Waals surface area contributed by atoms with Gasteiger partial charge in [0.15, 0.2) is 0 Å². The lowest BCUT2D eigenvalue weighted by molar-refractivity contribution is 0.659. The molecule has 1 aromatic carbocycles. The lowest BCUT2D eigenvalue weighted by Crippen LogP contribution is -2.09. The van der Waals surface area contributed by atoms with Crippen molar-refractivity contribution in [1.82, 2.24) is 9.78 Å². The largest absolute Gasteiger partial charge is 0.376 e. The molecule has 2 aromatic rings. The molecule has 0 spiro atoms. The van der Waals surface area contributed by atoms with E-state index >= 15 is 0 Å². The number of anilines is 1. The van der Waals surface area contributed by atoms with Crippen molar-refractivity contribution in [2.75, 3.05) is 5.32 Å². The van der Waals surface area contributed by atoms with Crippen LogP contribution in [0.1, 0.15) is 37.4 Å². The molecule has 0 radical (unpaired) electrons. The number of hydrogen-bond donors (Lipinski definition) is 1. The fourth-order valence-corrected chi connectivity index (χ4v) is 2.03. The predicted octanol–water partition coefficient (Wildman–Crippen LogP) is 3.77. The van der Waals surface area contributed by atoms with E-state index in [1.54, 1.807) is 0 Å². The first-order valence-corrected chi connectivity index (χ1v) is 6.58. The van der Waals surface area contributed by atoms with E-state index in [0.29, 0.717) is 6.04 Å². The first-order chi connectivity index (χ1) is 8.72. The van der Waals surface area contributed by atoms with Gasteiger partial charge >= 0.3 is 0 Å². The molecule has 96 valence electrons. The molecule has 3 heteroatoms. The van der Waals surface area contributed by atoms with Crippen LogP contribution in [0.15, 0.2) is 36.7 Å². The number of hydrogen-bond acceptors (Lipinski definition) is 2. The number of rotatable bonds is 5. The van der Waals surface area contributed by atoms with Crippen LogP contribution in [0.2, 0.25) is 0 Å². The van der Waals surface area contributed by atoms with Crippen molar-refractivity contribution >= 4 is 5.69 Å². The van der Waals surface area contributed by atoms with Crippen molar-refractivity contribution in [3.63, 3.8) is 0 Å². The van der Waals surface area contributed by atoms with Crippen LogP contribution in [-0.4, -0.2) is 9.78 Å². The van der Waals surface area contributed by atoms with Gasteiger partial charge in [-0.3, -0.25) is 4.68 Å². The molecule has 1 atom stereocenters. The molecule has 0 saturated carbocycles. The Balaban J connectivity index is 2.11. The van der Waals surface area contributed by atoms with Crippen LogP contribution in [0.25, 0.3) is 0 Å². The maximum Gasteiger partial charge on any atom is 0.0731 e. The molecule has 0 fully saturated rings. The van der Waals surface area contributed by atoms with E-state index in [-0.39, 0.29) is 0 Å². The standard InChI is InChI=1S/C15H21N3/c1-4-15(13-8-6-12(3)7-9-13)17-14-10-16-18(5-2)11-14/h6-11,15,17H,4-5H2,1-3H3. The Morgan fingerprint density at radius 1 is 1.22 bits per heavy atom. The van der Waals surface area contributed by atoms with Gasteiger partial charge in [-0.2, -0.15) is 5.10 Å². The molecule has 1 aromatic heterocycles. The Bertz CT molecular complexity index is 485. The first-order valence-electron chi connectivity index (χ1n) is 6.58. The van der Waals surface area contributed by atoms with E-state index in [2.05, 4.69) is 61.6 Å². The van der Waals surface area contributed by atoms with E-state index in [4.69, 9.17) is 0 Å². The minimum absolute atomic E-state index is 0.347. The zero-order chi connectivity index (χ0) is 13.0. The van der Waals surface area contributed by atoms with Gasteiger partial charge in [-0.15, -0.1) is 0 Å². The van der Waals surface area contributed by atoms with Crippen molar-refractivity contribution < 1.29 is 0 Å². The summed E-state index contributed by atoms with van der Waals surface area (Å²) in [6.07, 6.45) is 5.00. The summed E-state index contributed by atoms with van der Waals surface area (Å²) in [6, 6.07) is 9.06. The molecule has 0 amide bonds. The Kier molecular flexibility index (Phi) is 4.03. The van der Waals surface area contributed by atoms with Gasteiger partial charge in [-0.1, -0.05) is 36.8 Å². The zero-order valence-electron chi connectivity index (χ0n) is 11.4. The van der Waals surface area contributed by atoms with Crippen molar-refractivity contribution in [3.05, 3.63) is 47.8 Å². The third-order valence-corrected chi connectivity index (χ3v) is 3.19. The zero-order valence-corrected chi connectivity index (χ0v) is 11.4. The summed E-state index contributed by atoms with van der Waals surface area (Å²) in [6.45, 7) is 7.31. The van der Waals surface area contributed by atoms with Crippen molar-refractivity contribution in [3.8, 4) is 0 Å². The van der Waals surface area contributed by atoms with Crippen LogP contribution < -0.4 is 5.32 Å². The number of nitrogens with one attached hydrogen (secondary N) is 1. The Hall–Kier alpha value is -1.77. The molecule has 2 rings (SSSR count). The molecule has 0 aliphatic rings. The Morgan fingerprint density at radius 2 is 1.94 bits per heavy atom. The smallest absolute Gasteiger partial charge is 0.0731 e. The second kappa shape index (κ2) is 5.71. The summed E-state index contributed by atoms with van der Waals surface area (Å²) in [5.41, 5.74) is 3.71. The molecule has 0 aliphatic heterocycles. The highest BCUT2D eigenvalue weighted by atomic mass is 15.3. The highest BCUT2D eigenvalue weighted by Crippen LogP contribution is 2.22. The maximum atomic E-state index is 4.28. The van der Waals surface area contributed by atoms with Gasteiger partial charge < -0.3 is 5.32 Å². The van der Waals surface area contributed by atoms with Gasteiger partial charge in [0.2, 0.25) is 0 Å². The van der Waals surface area contributed by atoms with Gasteiger partial charge in [-0.05, 0) is 25.8 Å². The van der Waals surface area contributed by atoms with Gasteiger partial charge in [0.05, 0.1) is 17.9 Å². The summed E-state index contributed by atoms with van der Waals surface area (Å²) in [5, 5.41) is 7.82. The van der Waals surface area contributed by atoms with Crippen LogP contribution >= 0.6 is 0 Å². The van der Waals surface area contributed by atoms with Gasteiger partial charge in [0.1, 0.15) is 0 Å². The van der Waals surface area contributed by atoms with E-state index in [0.717, 1.165) is 18.7 Å². The van der Waals surface area contributed by atoms with Gasteiger partial charge in [0.25, 0.3) is 0 Å². The third kappa shape index (κ3) is 2.92. The quantitative estimate of drug-likeness (QED) is 0.866. The Morgan fingerprint density at radius 3 is 2.50 bits per heavy atom. The lowest BCUT2D eigenvalue weighted by atomic mass is 10.0. The summed E-state index contributed by atoms with van der Waals surface area (Å²) in [7, 11) is 0. The normalized spacial score (nSPS) is 12.4. The molecule has 1 unspecified atom stereocenters. The van der Waals surface area contributed by atoms with E-state index in [1.807, 2.05) is 10.9 Å². The summed E-state index contributed by atoms with van der Waals surface area (Å²) < 4.78 is 1.93. The summed E-state index contributed by atoms with van der Waals surface area (Å²) in [4.78, 5) is 0. The number of benzene rings is 1. The molecule has 0 aliphatic carbocycles. The van der Waals surface area contributed by atoms with Crippen LogP contribution in [0.3, 0.4) is 0 Å². The molecule has 18 heavy (non-hydrogen) atoms. The molecule has 0 saturated heterocycles. The average molecular weight is 243 g/mol. The maximum absolute atomic E-state index is 4.28. The van der Waals surface area contributed by atoms with Crippen LogP contribution in [0.5, 0.6) is 0 Å². The number of aryl methyl sites for hydroxylation is 2. The van der Waals surface area contributed by atoms with E-state index in [9.17, 15) is 0 Å². The molecule has 1 N–H and O–H groups in total. The van der Waals surface area contributed by atoms with Gasteiger partial charge in [0, 0.05) is 12.7 Å². The number of nitrogens with zero attached hydrogens (tertiary/aromatic N) is 2. The van der Waals surface area contributed by atoms with Crippen LogP contribution in [0, 0.1) is 6.92 Å².